The van der Waals surface area contributed by atoms with Gasteiger partial charge in [0, 0.05) is 0 Å². The molecule has 0 aliphatic heterocycles. The van der Waals surface area contributed by atoms with Gasteiger partial charge in [-0.15, -0.1) is 0 Å². The molecule has 0 aliphatic rings. The van der Waals surface area contributed by atoms with E-state index in [9.17, 15) is 0 Å². The van der Waals surface area contributed by atoms with Crippen molar-refractivity contribution in [3.63, 3.8) is 0 Å². The van der Waals surface area contributed by atoms with Gasteiger partial charge in [-0.2, -0.15) is 0 Å². The van der Waals surface area contributed by atoms with E-state index >= 15 is 0 Å². The molecule has 0 amide bonds. The van der Waals surface area contributed by atoms with Crippen LogP contribution < -0.4 is 19.6 Å². The summed E-state index contributed by atoms with van der Waals surface area (Å²) in [6, 6.07) is 0. The van der Waals surface area contributed by atoms with Gasteiger partial charge in [0.15, 0.2) is 0 Å². The molecule has 0 N–H and O–H groups in total. The van der Waals surface area contributed by atoms with Gasteiger partial charge in [-0.1, -0.05) is 16.5 Å². The Morgan fingerprint density at radius 2 is 0.778 bits per heavy atom. The van der Waals surface area contributed by atoms with E-state index in [1.807, 2.05) is 0 Å². The quantitative estimate of drug-likeness (QED) is 0.323. The van der Waals surface area contributed by atoms with Gasteiger partial charge in [-0.25, -0.2) is 0 Å². The molecular weight excluding hydrogens is 254 g/mol. The molecule has 0 spiro atoms. The summed E-state index contributed by atoms with van der Waals surface area (Å²) in [6.45, 7) is 0. The van der Waals surface area contributed by atoms with Crippen LogP contribution >= 0.6 is 16.5 Å². The molecule has 9 heteroatoms. The van der Waals surface area contributed by atoms with E-state index in [4.69, 9.17) is 28.7 Å². The minimum atomic E-state index is -3.63. The maximum atomic E-state index is 8.52. The van der Waals surface area contributed by atoms with Crippen molar-refractivity contribution < 1.29 is 49.8 Å². The Kier molecular flexibility index (Phi) is 21.6. The smallest absolute Gasteiger partial charge is 0.813 e. The van der Waals surface area contributed by atoms with E-state index in [1.54, 1.807) is 0 Å². The first-order valence-corrected chi connectivity index (χ1v) is 3.67. The summed E-state index contributed by atoms with van der Waals surface area (Å²) in [5.41, 5.74) is 0. The molecule has 0 bridgehead atoms. The maximum Gasteiger partial charge on any atom is 4.00 e. The average Bonchev–Trinajstić information content (AvgIpc) is 1.25. The van der Waals surface area contributed by atoms with Crippen molar-refractivity contribution in [3.05, 3.63) is 0 Å². The second kappa shape index (κ2) is 11.7. The topological polar surface area (TPSA) is 126 Å². The van der Waals surface area contributed by atoms with Crippen LogP contribution in [0.25, 0.3) is 0 Å². The summed E-state index contributed by atoms with van der Waals surface area (Å²) in [5.74, 6) is 0. The molecule has 0 unspecified atom stereocenters. The summed E-state index contributed by atoms with van der Waals surface area (Å²) >= 11 is 0. The maximum absolute atomic E-state index is 8.52. The zero-order valence-corrected chi connectivity index (χ0v) is 7.86. The summed E-state index contributed by atoms with van der Waals surface area (Å²) in [7, 11) is -7.26. The van der Waals surface area contributed by atoms with Gasteiger partial charge in [0.1, 0.15) is 0 Å². The molecule has 6 nitrogen and oxygen atoms in total. The molecule has 0 aromatic carbocycles. The van der Waals surface area contributed by atoms with Crippen LogP contribution in [-0.2, 0) is 30.2 Å². The molecule has 0 saturated heterocycles. The number of hydrogen-bond donors (Lipinski definition) is 0. The van der Waals surface area contributed by atoms with Crippen molar-refractivity contribution in [2.75, 3.05) is 0 Å². The van der Waals surface area contributed by atoms with Gasteiger partial charge in [0.05, 0.1) is 0 Å². The third-order valence-corrected chi connectivity index (χ3v) is 0. The zero-order valence-electron chi connectivity index (χ0n) is 3.86. The van der Waals surface area contributed by atoms with Gasteiger partial charge < -0.3 is 28.7 Å². The fourth-order valence-corrected chi connectivity index (χ4v) is 0. The summed E-state index contributed by atoms with van der Waals surface area (Å²) in [4.78, 5) is 34.1. The van der Waals surface area contributed by atoms with Crippen molar-refractivity contribution >= 4 is 16.5 Å². The molecule has 9 heavy (non-hydrogen) atoms. The Bertz CT molecular complexity index is 69.1. The largest absolute Gasteiger partial charge is 4.00 e. The molecule has 0 aromatic rings. The Morgan fingerprint density at radius 3 is 0.778 bits per heavy atom. The Hall–Kier alpha value is 0.988. The predicted molar refractivity (Wildman–Crippen MR) is 18.0 cm³/mol. The van der Waals surface area contributed by atoms with E-state index in [0.717, 1.165) is 0 Å². The molecule has 0 saturated carbocycles. The van der Waals surface area contributed by atoms with Crippen molar-refractivity contribution in [2.45, 2.75) is 0 Å². The van der Waals surface area contributed by atoms with Crippen molar-refractivity contribution in [1.82, 2.24) is 0 Å². The molecule has 0 atom stereocenters. The molecule has 0 aliphatic carbocycles. The minimum Gasteiger partial charge on any atom is -0.813 e. The van der Waals surface area contributed by atoms with Gasteiger partial charge >= 0.3 is 21.1 Å². The summed E-state index contributed by atoms with van der Waals surface area (Å²) in [6.07, 6.45) is 0. The first-order valence-electron chi connectivity index (χ1n) is 1.22. The Labute approximate surface area is 66.7 Å². The molecular formula is H2MoO6P2. The van der Waals surface area contributed by atoms with E-state index in [0.29, 0.717) is 0 Å². The molecule has 0 heterocycles. The summed E-state index contributed by atoms with van der Waals surface area (Å²) in [5, 5.41) is 0. The van der Waals surface area contributed by atoms with Gasteiger partial charge in [0.2, 0.25) is 0 Å². The Balaban J connectivity index is -0.0000000720. The normalized spacial score (nSPS) is 7.78. The Morgan fingerprint density at radius 1 is 0.778 bits per heavy atom. The van der Waals surface area contributed by atoms with Gasteiger partial charge in [-0.3, -0.25) is 0 Å². The van der Waals surface area contributed by atoms with Crippen LogP contribution in [0.1, 0.15) is 0 Å². The van der Waals surface area contributed by atoms with Crippen LogP contribution in [0.15, 0.2) is 0 Å². The monoisotopic (exact) mass is 258 g/mol. The standard InChI is InChI=1S/Mo.2H3O3P/c;2*1-4(2)3/h;2*4H,(H2,1,2,3)/q+4;;/p-4. The summed E-state index contributed by atoms with van der Waals surface area (Å²) < 4.78 is 17.0. The molecule has 0 fully saturated rings. The third kappa shape index (κ3) is 449. The molecule has 0 aromatic heterocycles. The third-order valence-electron chi connectivity index (χ3n) is 0. The zero-order chi connectivity index (χ0) is 7.15. The minimum absolute atomic E-state index is 0. The van der Waals surface area contributed by atoms with E-state index < -0.39 is 16.5 Å². The van der Waals surface area contributed by atoms with Crippen LogP contribution in [-0.4, -0.2) is 0 Å². The van der Waals surface area contributed by atoms with Crippen LogP contribution in [0.5, 0.6) is 0 Å². The molecule has 54 valence electrons. The van der Waals surface area contributed by atoms with E-state index in [2.05, 4.69) is 0 Å². The van der Waals surface area contributed by atoms with Crippen molar-refractivity contribution in [3.8, 4) is 0 Å². The van der Waals surface area contributed by atoms with Crippen LogP contribution in [0, 0.1) is 0 Å². The SMILES string of the molecule is O=[PH]([O-])[O-].O=[PH]([O-])[O-].[Mo+4]. The van der Waals surface area contributed by atoms with Gasteiger partial charge in [0.25, 0.3) is 0 Å². The van der Waals surface area contributed by atoms with Crippen LogP contribution in [0.4, 0.5) is 0 Å². The first-order chi connectivity index (χ1) is 3.46. The van der Waals surface area contributed by atoms with E-state index in [1.165, 1.54) is 0 Å². The van der Waals surface area contributed by atoms with Crippen LogP contribution in [0.2, 0.25) is 0 Å². The fraction of sp³-hybridized carbons (Fsp3) is 0. The molecule has 0 rings (SSSR count). The average molecular weight is 256 g/mol. The van der Waals surface area contributed by atoms with E-state index in [-0.39, 0.29) is 21.1 Å². The number of rotatable bonds is 0. The molecule has 0 radical (unpaired) electrons. The fourth-order valence-electron chi connectivity index (χ4n) is 0. The van der Waals surface area contributed by atoms with Crippen molar-refractivity contribution in [1.29, 1.82) is 0 Å². The van der Waals surface area contributed by atoms with Crippen molar-refractivity contribution in [2.24, 2.45) is 0 Å². The van der Waals surface area contributed by atoms with Gasteiger partial charge in [-0.05, 0) is 0 Å². The second-order valence-corrected chi connectivity index (χ2v) is 1.50. The second-order valence-electron chi connectivity index (χ2n) is 0.500. The number of hydrogen-bond acceptors (Lipinski definition) is 6. The first kappa shape index (κ1) is 16.5. The predicted octanol–water partition coefficient (Wildman–Crippen LogP) is -3.81. The van der Waals surface area contributed by atoms with Crippen LogP contribution in [0.3, 0.4) is 0 Å².